The van der Waals surface area contributed by atoms with Crippen molar-refractivity contribution in [3.05, 3.63) is 60.0 Å². The number of ether oxygens (including phenoxy) is 1. The number of nitrogens with zero attached hydrogens (tertiary/aromatic N) is 4. The van der Waals surface area contributed by atoms with Gasteiger partial charge in [-0.3, -0.25) is 4.40 Å². The number of fused-ring (bicyclic) bond motifs is 1. The molecule has 0 aliphatic carbocycles. The number of pyridine rings is 1. The van der Waals surface area contributed by atoms with Crippen LogP contribution in [0.4, 0.5) is 0 Å². The lowest BCUT2D eigenvalue weighted by Crippen LogP contribution is -2.43. The Hall–Kier alpha value is -3.09. The fraction of sp³-hybridized carbons (Fsp3) is 0.381. The van der Waals surface area contributed by atoms with E-state index in [9.17, 15) is 0 Å². The molecule has 3 rings (SSSR count). The number of guanidine groups is 1. The lowest BCUT2D eigenvalue weighted by atomic mass is 9.84. The minimum Gasteiger partial charge on any atom is -0.497 e. The van der Waals surface area contributed by atoms with Crippen LogP contribution in [-0.4, -0.2) is 40.8 Å². The minimum absolute atomic E-state index is 0.0655. The fourth-order valence-corrected chi connectivity index (χ4v) is 2.94. The summed E-state index contributed by atoms with van der Waals surface area (Å²) in [6, 6.07) is 14.0. The molecule has 0 atom stereocenters. The van der Waals surface area contributed by atoms with Gasteiger partial charge in [-0.2, -0.15) is 0 Å². The fourth-order valence-electron chi connectivity index (χ4n) is 2.94. The Kier molecular flexibility index (Phi) is 6.13. The summed E-state index contributed by atoms with van der Waals surface area (Å²) in [5, 5.41) is 15.2. The van der Waals surface area contributed by atoms with E-state index in [0.717, 1.165) is 36.3 Å². The zero-order valence-corrected chi connectivity index (χ0v) is 16.9. The number of benzene rings is 1. The third kappa shape index (κ3) is 4.60. The highest BCUT2D eigenvalue weighted by Gasteiger charge is 2.21. The van der Waals surface area contributed by atoms with Gasteiger partial charge in [0.05, 0.1) is 7.11 Å². The molecule has 2 aromatic heterocycles. The second-order valence-electron chi connectivity index (χ2n) is 7.21. The zero-order chi connectivity index (χ0) is 20.0. The van der Waals surface area contributed by atoms with Crippen LogP contribution >= 0.6 is 0 Å². The number of hydrogen-bond acceptors (Lipinski definition) is 4. The molecule has 0 saturated heterocycles. The largest absolute Gasteiger partial charge is 0.497 e. The Morgan fingerprint density at radius 1 is 1.11 bits per heavy atom. The molecule has 2 N–H and O–H groups in total. The van der Waals surface area contributed by atoms with Gasteiger partial charge >= 0.3 is 0 Å². The molecule has 0 aliphatic rings. The van der Waals surface area contributed by atoms with Crippen molar-refractivity contribution in [3.8, 4) is 5.75 Å². The highest BCUT2D eigenvalue weighted by molar-refractivity contribution is 5.79. The van der Waals surface area contributed by atoms with Crippen LogP contribution in [0.2, 0.25) is 0 Å². The Balaban J connectivity index is 1.68. The van der Waals surface area contributed by atoms with E-state index in [0.29, 0.717) is 6.54 Å². The molecule has 7 heteroatoms. The first-order valence-electron chi connectivity index (χ1n) is 9.49. The molecule has 7 nitrogen and oxygen atoms in total. The van der Waals surface area contributed by atoms with Crippen molar-refractivity contribution in [2.75, 3.05) is 20.2 Å². The maximum absolute atomic E-state index is 5.25. The molecule has 0 bridgehead atoms. The van der Waals surface area contributed by atoms with Crippen molar-refractivity contribution in [2.45, 2.75) is 32.7 Å². The van der Waals surface area contributed by atoms with Crippen molar-refractivity contribution in [3.63, 3.8) is 0 Å². The van der Waals surface area contributed by atoms with E-state index in [4.69, 9.17) is 4.74 Å². The van der Waals surface area contributed by atoms with Crippen LogP contribution in [0.25, 0.3) is 5.65 Å². The average molecular weight is 380 g/mol. The van der Waals surface area contributed by atoms with Crippen LogP contribution in [-0.2, 0) is 12.0 Å². The van der Waals surface area contributed by atoms with Gasteiger partial charge in [0.1, 0.15) is 12.3 Å². The topological polar surface area (TPSA) is 75.8 Å². The molecule has 2 heterocycles. The van der Waals surface area contributed by atoms with Gasteiger partial charge < -0.3 is 15.4 Å². The van der Waals surface area contributed by atoms with Crippen LogP contribution in [0.15, 0.2) is 53.7 Å². The average Bonchev–Trinajstić information content (AvgIpc) is 3.13. The lowest BCUT2D eigenvalue weighted by Gasteiger charge is -2.27. The normalized spacial score (nSPS) is 12.2. The highest BCUT2D eigenvalue weighted by Crippen LogP contribution is 2.24. The molecule has 148 valence electrons. The summed E-state index contributed by atoms with van der Waals surface area (Å²) in [6.07, 6.45) is 1.95. The second-order valence-corrected chi connectivity index (χ2v) is 7.21. The SMILES string of the molecule is CCNC(=NCc1nnc2ccccn12)NCC(C)(C)c1ccc(OC)cc1. The first-order chi connectivity index (χ1) is 13.5. The van der Waals surface area contributed by atoms with Crippen molar-refractivity contribution in [1.82, 2.24) is 25.2 Å². The van der Waals surface area contributed by atoms with Crippen LogP contribution in [0.5, 0.6) is 5.75 Å². The summed E-state index contributed by atoms with van der Waals surface area (Å²) < 4.78 is 7.20. The van der Waals surface area contributed by atoms with Crippen molar-refractivity contribution < 1.29 is 4.74 Å². The molecule has 0 radical (unpaired) electrons. The smallest absolute Gasteiger partial charge is 0.191 e. The van der Waals surface area contributed by atoms with Crippen molar-refractivity contribution in [2.24, 2.45) is 4.99 Å². The monoisotopic (exact) mass is 380 g/mol. The van der Waals surface area contributed by atoms with E-state index in [2.05, 4.69) is 58.7 Å². The first kappa shape index (κ1) is 19.7. The van der Waals surface area contributed by atoms with Crippen LogP contribution < -0.4 is 15.4 Å². The maximum atomic E-state index is 5.25. The Labute approximate surface area is 165 Å². The molecule has 28 heavy (non-hydrogen) atoms. The van der Waals surface area contributed by atoms with Crippen LogP contribution in [0, 0.1) is 0 Å². The van der Waals surface area contributed by atoms with Gasteiger partial charge in [0.25, 0.3) is 0 Å². The maximum Gasteiger partial charge on any atom is 0.191 e. The molecule has 0 fully saturated rings. The number of nitrogens with one attached hydrogen (secondary N) is 2. The van der Waals surface area contributed by atoms with Gasteiger partial charge in [-0.25, -0.2) is 4.99 Å². The van der Waals surface area contributed by atoms with E-state index in [-0.39, 0.29) is 5.41 Å². The summed E-state index contributed by atoms with van der Waals surface area (Å²) in [4.78, 5) is 4.68. The zero-order valence-electron chi connectivity index (χ0n) is 16.9. The molecular weight excluding hydrogens is 352 g/mol. The molecular formula is C21H28N6O. The molecule has 0 unspecified atom stereocenters. The molecule has 0 saturated carbocycles. The standard InChI is InChI=1S/C21H28N6O/c1-5-22-20(23-14-19-26-25-18-8-6-7-13-27(18)19)24-15-21(2,3)16-9-11-17(28-4)12-10-16/h6-13H,5,14-15H2,1-4H3,(H2,22,23,24). The predicted octanol–water partition coefficient (Wildman–Crippen LogP) is 2.77. The van der Waals surface area contributed by atoms with Gasteiger partial charge in [-0.05, 0) is 36.8 Å². The van der Waals surface area contributed by atoms with Crippen LogP contribution in [0.1, 0.15) is 32.2 Å². The number of hydrogen-bond donors (Lipinski definition) is 2. The number of rotatable bonds is 7. The highest BCUT2D eigenvalue weighted by atomic mass is 16.5. The molecule has 1 aromatic carbocycles. The van der Waals surface area contributed by atoms with Gasteiger partial charge in [-0.15, -0.1) is 10.2 Å². The molecule has 0 aliphatic heterocycles. The summed E-state index contributed by atoms with van der Waals surface area (Å²) in [5.74, 6) is 2.43. The van der Waals surface area contributed by atoms with E-state index < -0.39 is 0 Å². The Bertz CT molecular complexity index is 929. The number of methoxy groups -OCH3 is 1. The molecule has 0 spiro atoms. The first-order valence-corrected chi connectivity index (χ1v) is 9.49. The quantitative estimate of drug-likeness (QED) is 0.487. The predicted molar refractivity (Wildman–Crippen MR) is 112 cm³/mol. The van der Waals surface area contributed by atoms with Crippen molar-refractivity contribution in [1.29, 1.82) is 0 Å². The summed E-state index contributed by atoms with van der Waals surface area (Å²) in [7, 11) is 1.68. The third-order valence-corrected chi connectivity index (χ3v) is 4.68. The van der Waals surface area contributed by atoms with Crippen LogP contribution in [0.3, 0.4) is 0 Å². The van der Waals surface area contributed by atoms with Gasteiger partial charge in [0.2, 0.25) is 0 Å². The lowest BCUT2D eigenvalue weighted by molar-refractivity contribution is 0.414. The van der Waals surface area contributed by atoms with Crippen molar-refractivity contribution >= 4 is 11.6 Å². The van der Waals surface area contributed by atoms with Gasteiger partial charge in [0, 0.05) is 24.7 Å². The van der Waals surface area contributed by atoms with E-state index in [1.807, 2.05) is 40.9 Å². The molecule has 0 amide bonds. The Morgan fingerprint density at radius 2 is 1.89 bits per heavy atom. The summed E-state index contributed by atoms with van der Waals surface area (Å²) in [5.41, 5.74) is 2.00. The second kappa shape index (κ2) is 8.73. The molecule has 3 aromatic rings. The summed E-state index contributed by atoms with van der Waals surface area (Å²) >= 11 is 0. The van der Waals surface area contributed by atoms with Gasteiger partial charge in [-0.1, -0.05) is 32.0 Å². The van der Waals surface area contributed by atoms with E-state index in [1.165, 1.54) is 5.56 Å². The number of aromatic nitrogens is 3. The summed E-state index contributed by atoms with van der Waals surface area (Å²) in [6.45, 7) is 8.44. The number of aliphatic imine (C=N–C) groups is 1. The van der Waals surface area contributed by atoms with E-state index >= 15 is 0 Å². The third-order valence-electron chi connectivity index (χ3n) is 4.68. The Morgan fingerprint density at radius 3 is 2.61 bits per heavy atom. The minimum atomic E-state index is -0.0655. The van der Waals surface area contributed by atoms with E-state index in [1.54, 1.807) is 7.11 Å². The van der Waals surface area contributed by atoms with Gasteiger partial charge in [0.15, 0.2) is 17.4 Å².